The summed E-state index contributed by atoms with van der Waals surface area (Å²) in [5.41, 5.74) is 1.31. The number of hydrogen-bond donors (Lipinski definition) is 0. The van der Waals surface area contributed by atoms with Gasteiger partial charge in [0.25, 0.3) is 0 Å². The highest BCUT2D eigenvalue weighted by Gasteiger charge is 2.39. The molecular weight excluding hydrogens is 262 g/mol. The number of nitrogens with zero attached hydrogens (tertiary/aromatic N) is 1. The molecule has 1 fully saturated rings. The third-order valence-corrected chi connectivity index (χ3v) is 4.70. The number of aryl methyl sites for hydroxylation is 1. The molecule has 2 unspecified atom stereocenters. The van der Waals surface area contributed by atoms with Crippen LogP contribution in [0.25, 0.3) is 0 Å². The first kappa shape index (κ1) is 14.2. The van der Waals surface area contributed by atoms with Crippen LogP contribution >= 0.6 is 0 Å². The molecule has 0 spiro atoms. The van der Waals surface area contributed by atoms with Gasteiger partial charge in [-0.25, -0.2) is 0 Å². The van der Waals surface area contributed by atoms with Crippen molar-refractivity contribution in [1.29, 1.82) is 0 Å². The zero-order valence-electron chi connectivity index (χ0n) is 12.6. The Labute approximate surface area is 126 Å². The summed E-state index contributed by atoms with van der Waals surface area (Å²) in [6, 6.07) is 8.20. The van der Waals surface area contributed by atoms with E-state index in [2.05, 4.69) is 29.2 Å². The van der Waals surface area contributed by atoms with E-state index >= 15 is 0 Å². The van der Waals surface area contributed by atoms with Gasteiger partial charge in [0, 0.05) is 19.0 Å². The number of allylic oxidation sites excluding steroid dienone is 2. The maximum absolute atomic E-state index is 12.3. The van der Waals surface area contributed by atoms with E-state index in [-0.39, 0.29) is 5.92 Å². The monoisotopic (exact) mass is 285 g/mol. The SMILES string of the molecule is COc1ccc(CCCN2CC3CC=CCC3C2=O)cc1. The fourth-order valence-electron chi connectivity index (χ4n) is 3.45. The lowest BCUT2D eigenvalue weighted by atomic mass is 9.86. The molecule has 1 aliphatic heterocycles. The average Bonchev–Trinajstić information content (AvgIpc) is 2.85. The lowest BCUT2D eigenvalue weighted by molar-refractivity contribution is -0.131. The highest BCUT2D eigenvalue weighted by atomic mass is 16.5. The topological polar surface area (TPSA) is 29.5 Å². The molecule has 2 atom stereocenters. The number of methoxy groups -OCH3 is 1. The highest BCUT2D eigenvalue weighted by molar-refractivity contribution is 5.81. The standard InChI is InChI=1S/C18H23NO2/c1-21-16-10-8-14(9-11-16)5-4-12-19-13-15-6-2-3-7-17(15)18(19)20/h2-3,8-11,15,17H,4-7,12-13H2,1H3. The zero-order chi connectivity index (χ0) is 14.7. The van der Waals surface area contributed by atoms with Crippen molar-refractivity contribution in [2.45, 2.75) is 25.7 Å². The van der Waals surface area contributed by atoms with Gasteiger partial charge in [0.2, 0.25) is 5.91 Å². The van der Waals surface area contributed by atoms with Gasteiger partial charge in [-0.2, -0.15) is 0 Å². The number of amides is 1. The summed E-state index contributed by atoms with van der Waals surface area (Å²) in [6.45, 7) is 1.84. The predicted octanol–water partition coefficient (Wildman–Crippen LogP) is 3.05. The fraction of sp³-hybridized carbons (Fsp3) is 0.500. The third-order valence-electron chi connectivity index (χ3n) is 4.70. The van der Waals surface area contributed by atoms with E-state index < -0.39 is 0 Å². The summed E-state index contributed by atoms with van der Waals surface area (Å²) in [4.78, 5) is 14.4. The maximum atomic E-state index is 12.3. The number of carbonyl (C=O) groups excluding carboxylic acids is 1. The molecule has 2 aliphatic rings. The molecule has 1 saturated heterocycles. The molecule has 1 heterocycles. The molecule has 0 radical (unpaired) electrons. The van der Waals surface area contributed by atoms with Crippen LogP contribution in [0.4, 0.5) is 0 Å². The van der Waals surface area contributed by atoms with Crippen molar-refractivity contribution < 1.29 is 9.53 Å². The predicted molar refractivity (Wildman–Crippen MR) is 83.2 cm³/mol. The van der Waals surface area contributed by atoms with E-state index in [0.717, 1.165) is 44.5 Å². The van der Waals surface area contributed by atoms with Crippen LogP contribution in [0, 0.1) is 11.8 Å². The minimum absolute atomic E-state index is 0.260. The van der Waals surface area contributed by atoms with Gasteiger partial charge in [0.1, 0.15) is 5.75 Å². The van der Waals surface area contributed by atoms with E-state index in [1.165, 1.54) is 5.56 Å². The molecular formula is C18H23NO2. The Morgan fingerprint density at radius 2 is 1.95 bits per heavy atom. The summed E-state index contributed by atoms with van der Waals surface area (Å²) in [6.07, 6.45) is 8.46. The van der Waals surface area contributed by atoms with Crippen LogP contribution in [0.2, 0.25) is 0 Å². The maximum Gasteiger partial charge on any atom is 0.226 e. The molecule has 1 amide bonds. The molecule has 0 aromatic heterocycles. The van der Waals surface area contributed by atoms with Crippen molar-refractivity contribution in [2.75, 3.05) is 20.2 Å². The highest BCUT2D eigenvalue weighted by Crippen LogP contribution is 2.33. The first-order valence-corrected chi connectivity index (χ1v) is 7.84. The number of rotatable bonds is 5. The Balaban J connectivity index is 1.48. The average molecular weight is 285 g/mol. The largest absolute Gasteiger partial charge is 0.497 e. The summed E-state index contributed by atoms with van der Waals surface area (Å²) < 4.78 is 5.16. The van der Waals surface area contributed by atoms with Crippen molar-refractivity contribution in [3.63, 3.8) is 0 Å². The van der Waals surface area contributed by atoms with Gasteiger partial charge >= 0.3 is 0 Å². The van der Waals surface area contributed by atoms with Gasteiger partial charge in [-0.15, -0.1) is 0 Å². The van der Waals surface area contributed by atoms with Crippen molar-refractivity contribution >= 4 is 5.91 Å². The molecule has 1 aliphatic carbocycles. The second-order valence-electron chi connectivity index (χ2n) is 6.05. The van der Waals surface area contributed by atoms with Crippen LogP contribution < -0.4 is 4.74 Å². The van der Waals surface area contributed by atoms with Gasteiger partial charge in [0.05, 0.1) is 7.11 Å². The van der Waals surface area contributed by atoms with Crippen molar-refractivity contribution in [1.82, 2.24) is 4.90 Å². The Bertz CT molecular complexity index is 521. The number of likely N-dealkylation sites (tertiary alicyclic amines) is 1. The minimum atomic E-state index is 0.260. The summed E-state index contributed by atoms with van der Waals surface area (Å²) >= 11 is 0. The molecule has 0 N–H and O–H groups in total. The van der Waals surface area contributed by atoms with Crippen LogP contribution in [-0.2, 0) is 11.2 Å². The molecule has 1 aromatic rings. The number of benzene rings is 1. The van der Waals surface area contributed by atoms with Crippen LogP contribution in [-0.4, -0.2) is 31.0 Å². The van der Waals surface area contributed by atoms with Crippen molar-refractivity contribution in [3.05, 3.63) is 42.0 Å². The first-order valence-electron chi connectivity index (χ1n) is 7.84. The van der Waals surface area contributed by atoms with Gasteiger partial charge in [-0.1, -0.05) is 24.3 Å². The molecule has 3 rings (SSSR count). The van der Waals surface area contributed by atoms with Gasteiger partial charge in [-0.3, -0.25) is 4.79 Å². The van der Waals surface area contributed by atoms with E-state index in [1.54, 1.807) is 7.11 Å². The Hall–Kier alpha value is -1.77. The second-order valence-corrected chi connectivity index (χ2v) is 6.05. The fourth-order valence-corrected chi connectivity index (χ4v) is 3.45. The van der Waals surface area contributed by atoms with E-state index in [0.29, 0.717) is 11.8 Å². The summed E-state index contributed by atoms with van der Waals surface area (Å²) in [5.74, 6) is 2.09. The lowest BCUT2D eigenvalue weighted by Crippen LogP contribution is -2.28. The zero-order valence-corrected chi connectivity index (χ0v) is 12.6. The van der Waals surface area contributed by atoms with E-state index in [9.17, 15) is 4.79 Å². The quantitative estimate of drug-likeness (QED) is 0.778. The van der Waals surface area contributed by atoms with Gasteiger partial charge in [-0.05, 0) is 49.3 Å². The molecule has 1 aromatic carbocycles. The number of carbonyl (C=O) groups is 1. The van der Waals surface area contributed by atoms with Crippen molar-refractivity contribution in [3.8, 4) is 5.75 Å². The summed E-state index contributed by atoms with van der Waals surface area (Å²) in [5, 5.41) is 0. The minimum Gasteiger partial charge on any atom is -0.497 e. The van der Waals surface area contributed by atoms with Crippen molar-refractivity contribution in [2.24, 2.45) is 11.8 Å². The smallest absolute Gasteiger partial charge is 0.226 e. The molecule has 21 heavy (non-hydrogen) atoms. The normalized spacial score (nSPS) is 24.2. The first-order chi connectivity index (χ1) is 10.3. The second kappa shape index (κ2) is 6.33. The number of fused-ring (bicyclic) bond motifs is 1. The molecule has 0 saturated carbocycles. The van der Waals surface area contributed by atoms with E-state index in [1.807, 2.05) is 12.1 Å². The summed E-state index contributed by atoms with van der Waals surface area (Å²) in [7, 11) is 1.68. The third kappa shape index (κ3) is 3.12. The molecule has 112 valence electrons. The Morgan fingerprint density at radius 1 is 1.19 bits per heavy atom. The van der Waals surface area contributed by atoms with E-state index in [4.69, 9.17) is 4.74 Å². The Kier molecular flexibility index (Phi) is 4.28. The molecule has 3 nitrogen and oxygen atoms in total. The van der Waals surface area contributed by atoms with Crippen LogP contribution in [0.15, 0.2) is 36.4 Å². The van der Waals surface area contributed by atoms with Crippen LogP contribution in [0.5, 0.6) is 5.75 Å². The van der Waals surface area contributed by atoms with Crippen LogP contribution in [0.3, 0.4) is 0 Å². The lowest BCUT2D eigenvalue weighted by Gasteiger charge is -2.16. The van der Waals surface area contributed by atoms with Gasteiger partial charge < -0.3 is 9.64 Å². The number of ether oxygens (including phenoxy) is 1. The van der Waals surface area contributed by atoms with Gasteiger partial charge in [0.15, 0.2) is 0 Å². The van der Waals surface area contributed by atoms with Crippen LogP contribution in [0.1, 0.15) is 24.8 Å². The molecule has 3 heteroatoms. The molecule has 0 bridgehead atoms. The Morgan fingerprint density at radius 3 is 2.67 bits per heavy atom. The number of hydrogen-bond acceptors (Lipinski definition) is 2.